The first-order valence-electron chi connectivity index (χ1n) is 6.09. The molecule has 2 aromatic rings. The molecule has 0 aliphatic carbocycles. The third kappa shape index (κ3) is 3.68. The molecule has 1 aromatic carbocycles. The van der Waals surface area contributed by atoms with Gasteiger partial charge in [0.25, 0.3) is 0 Å². The van der Waals surface area contributed by atoms with Crippen LogP contribution in [0, 0.1) is 9.39 Å². The molecule has 1 heterocycles. The zero-order chi connectivity index (χ0) is 14.0. The molecule has 19 heavy (non-hydrogen) atoms. The summed E-state index contributed by atoms with van der Waals surface area (Å²) in [7, 11) is 0. The van der Waals surface area contributed by atoms with Gasteiger partial charge in [-0.3, -0.25) is 4.68 Å². The standard InChI is InChI=1S/C14H17FIN3/c1-14(2,3)19-9-10(8-18-19)7-17-13-5-4-11(15)6-12(13)16/h4-6,8-9,17H,7H2,1-3H3. The lowest BCUT2D eigenvalue weighted by atomic mass is 10.1. The van der Waals surface area contributed by atoms with Crippen LogP contribution in [0.25, 0.3) is 0 Å². The summed E-state index contributed by atoms with van der Waals surface area (Å²) < 4.78 is 15.8. The summed E-state index contributed by atoms with van der Waals surface area (Å²) in [6, 6.07) is 4.73. The van der Waals surface area contributed by atoms with Gasteiger partial charge < -0.3 is 5.32 Å². The minimum absolute atomic E-state index is 0.0114. The number of rotatable bonds is 3. The second-order valence-electron chi connectivity index (χ2n) is 5.44. The first kappa shape index (κ1) is 14.3. The molecule has 1 aromatic heterocycles. The average Bonchev–Trinajstić information content (AvgIpc) is 2.76. The maximum Gasteiger partial charge on any atom is 0.124 e. The summed E-state index contributed by atoms with van der Waals surface area (Å²) in [6.45, 7) is 7.01. The number of benzene rings is 1. The second-order valence-corrected chi connectivity index (χ2v) is 6.60. The van der Waals surface area contributed by atoms with Crippen molar-refractivity contribution in [1.82, 2.24) is 9.78 Å². The molecule has 0 unspecified atom stereocenters. The van der Waals surface area contributed by atoms with Crippen LogP contribution in [0.3, 0.4) is 0 Å². The van der Waals surface area contributed by atoms with Crippen molar-refractivity contribution in [1.29, 1.82) is 0 Å². The number of halogens is 2. The van der Waals surface area contributed by atoms with Gasteiger partial charge in [0, 0.05) is 27.6 Å². The SMILES string of the molecule is CC(C)(C)n1cc(CNc2ccc(F)cc2I)cn1. The number of nitrogens with one attached hydrogen (secondary N) is 1. The van der Waals surface area contributed by atoms with E-state index in [1.165, 1.54) is 12.1 Å². The lowest BCUT2D eigenvalue weighted by molar-refractivity contribution is 0.355. The summed E-state index contributed by atoms with van der Waals surface area (Å²) >= 11 is 2.12. The molecular weight excluding hydrogens is 356 g/mol. The fourth-order valence-electron chi connectivity index (χ4n) is 1.65. The summed E-state index contributed by atoms with van der Waals surface area (Å²) in [6.07, 6.45) is 3.89. The van der Waals surface area contributed by atoms with Crippen molar-refractivity contribution in [2.75, 3.05) is 5.32 Å². The fraction of sp³-hybridized carbons (Fsp3) is 0.357. The van der Waals surface area contributed by atoms with Crippen LogP contribution in [0.2, 0.25) is 0 Å². The minimum atomic E-state index is -0.212. The van der Waals surface area contributed by atoms with Gasteiger partial charge in [0.15, 0.2) is 0 Å². The lowest BCUT2D eigenvalue weighted by Crippen LogP contribution is -2.21. The van der Waals surface area contributed by atoms with Crippen LogP contribution in [0.15, 0.2) is 30.6 Å². The Bertz CT molecular complexity index is 572. The number of anilines is 1. The Morgan fingerprint density at radius 1 is 1.37 bits per heavy atom. The molecule has 3 nitrogen and oxygen atoms in total. The van der Waals surface area contributed by atoms with E-state index in [1.54, 1.807) is 6.07 Å². The van der Waals surface area contributed by atoms with Gasteiger partial charge in [0.1, 0.15) is 5.82 Å². The molecule has 0 bridgehead atoms. The van der Waals surface area contributed by atoms with Gasteiger partial charge >= 0.3 is 0 Å². The quantitative estimate of drug-likeness (QED) is 0.825. The summed E-state index contributed by atoms with van der Waals surface area (Å²) in [5.74, 6) is -0.212. The van der Waals surface area contributed by atoms with E-state index in [4.69, 9.17) is 0 Å². The molecule has 0 saturated heterocycles. The molecule has 2 rings (SSSR count). The smallest absolute Gasteiger partial charge is 0.124 e. The van der Waals surface area contributed by atoms with Gasteiger partial charge in [-0.05, 0) is 61.6 Å². The van der Waals surface area contributed by atoms with E-state index >= 15 is 0 Å². The summed E-state index contributed by atoms with van der Waals surface area (Å²) in [4.78, 5) is 0. The predicted octanol–water partition coefficient (Wildman–Crippen LogP) is 3.99. The van der Waals surface area contributed by atoms with Crippen molar-refractivity contribution in [3.63, 3.8) is 0 Å². The van der Waals surface area contributed by atoms with Gasteiger partial charge in [0.2, 0.25) is 0 Å². The molecule has 5 heteroatoms. The highest BCUT2D eigenvalue weighted by molar-refractivity contribution is 14.1. The third-order valence-corrected chi connectivity index (χ3v) is 3.63. The molecule has 102 valence electrons. The number of hydrogen-bond donors (Lipinski definition) is 1. The minimum Gasteiger partial charge on any atom is -0.380 e. The first-order chi connectivity index (χ1) is 8.86. The Kier molecular flexibility index (Phi) is 4.13. The van der Waals surface area contributed by atoms with Crippen LogP contribution in [0.4, 0.5) is 10.1 Å². The predicted molar refractivity (Wildman–Crippen MR) is 83.7 cm³/mol. The molecule has 0 radical (unpaired) electrons. The van der Waals surface area contributed by atoms with Crippen LogP contribution >= 0.6 is 22.6 Å². The maximum absolute atomic E-state index is 13.0. The molecule has 1 N–H and O–H groups in total. The fourth-order valence-corrected chi connectivity index (χ4v) is 2.32. The van der Waals surface area contributed by atoms with Gasteiger partial charge in [0.05, 0.1) is 11.7 Å². The van der Waals surface area contributed by atoms with E-state index in [0.717, 1.165) is 14.8 Å². The number of nitrogens with zero attached hydrogens (tertiary/aromatic N) is 2. The molecule has 0 amide bonds. The summed E-state index contributed by atoms with van der Waals surface area (Å²) in [5, 5.41) is 7.64. The van der Waals surface area contributed by atoms with Crippen molar-refractivity contribution in [3.8, 4) is 0 Å². The van der Waals surface area contributed by atoms with Gasteiger partial charge in [-0.2, -0.15) is 5.10 Å². The third-order valence-electron chi connectivity index (χ3n) is 2.74. The van der Waals surface area contributed by atoms with Crippen LogP contribution in [-0.2, 0) is 12.1 Å². The molecule has 0 aliphatic rings. The number of aromatic nitrogens is 2. The molecule has 0 aliphatic heterocycles. The van der Waals surface area contributed by atoms with E-state index in [-0.39, 0.29) is 11.4 Å². The van der Waals surface area contributed by atoms with E-state index in [9.17, 15) is 4.39 Å². The highest BCUT2D eigenvalue weighted by Gasteiger charge is 2.13. The molecule has 0 saturated carbocycles. The van der Waals surface area contributed by atoms with Crippen LogP contribution in [0.1, 0.15) is 26.3 Å². The average molecular weight is 373 g/mol. The van der Waals surface area contributed by atoms with Crippen molar-refractivity contribution in [2.24, 2.45) is 0 Å². The van der Waals surface area contributed by atoms with E-state index < -0.39 is 0 Å². The van der Waals surface area contributed by atoms with E-state index in [0.29, 0.717) is 6.54 Å². The molecule has 0 fully saturated rings. The van der Waals surface area contributed by atoms with Crippen molar-refractivity contribution < 1.29 is 4.39 Å². The second kappa shape index (κ2) is 5.48. The zero-order valence-corrected chi connectivity index (χ0v) is 13.4. The summed E-state index contributed by atoms with van der Waals surface area (Å²) in [5.41, 5.74) is 2.03. The van der Waals surface area contributed by atoms with Gasteiger partial charge in [-0.1, -0.05) is 0 Å². The lowest BCUT2D eigenvalue weighted by Gasteiger charge is -2.18. The Labute approximate surface area is 126 Å². The number of hydrogen-bond acceptors (Lipinski definition) is 2. The van der Waals surface area contributed by atoms with Crippen LogP contribution in [-0.4, -0.2) is 9.78 Å². The van der Waals surface area contributed by atoms with Crippen LogP contribution < -0.4 is 5.32 Å². The Morgan fingerprint density at radius 2 is 2.11 bits per heavy atom. The van der Waals surface area contributed by atoms with E-state index in [1.807, 2.05) is 17.1 Å². The maximum atomic E-state index is 13.0. The zero-order valence-electron chi connectivity index (χ0n) is 11.2. The van der Waals surface area contributed by atoms with Crippen molar-refractivity contribution >= 4 is 28.3 Å². The topological polar surface area (TPSA) is 29.9 Å². The first-order valence-corrected chi connectivity index (χ1v) is 7.17. The highest BCUT2D eigenvalue weighted by Crippen LogP contribution is 2.20. The van der Waals surface area contributed by atoms with Crippen LogP contribution in [0.5, 0.6) is 0 Å². The highest BCUT2D eigenvalue weighted by atomic mass is 127. The molecule has 0 atom stereocenters. The van der Waals surface area contributed by atoms with Gasteiger partial charge in [-0.25, -0.2) is 4.39 Å². The van der Waals surface area contributed by atoms with Crippen molar-refractivity contribution in [3.05, 3.63) is 45.5 Å². The largest absolute Gasteiger partial charge is 0.380 e. The van der Waals surface area contributed by atoms with E-state index in [2.05, 4.69) is 53.8 Å². The normalized spacial score (nSPS) is 11.6. The Balaban J connectivity index is 2.04. The molecular formula is C14H17FIN3. The van der Waals surface area contributed by atoms with Crippen molar-refractivity contribution in [2.45, 2.75) is 32.9 Å². The monoisotopic (exact) mass is 373 g/mol. The Hall–Kier alpha value is -1.11. The Morgan fingerprint density at radius 3 is 2.68 bits per heavy atom. The van der Waals surface area contributed by atoms with Gasteiger partial charge in [-0.15, -0.1) is 0 Å². The molecule has 0 spiro atoms.